The van der Waals surface area contributed by atoms with Gasteiger partial charge in [-0.05, 0) is 19.5 Å². The molecule has 1 aromatic heterocycles. The molecule has 0 saturated carbocycles. The maximum absolute atomic E-state index is 10.6. The molecule has 0 saturated heterocycles. The van der Waals surface area contributed by atoms with Crippen LogP contribution in [0, 0.1) is 0 Å². The van der Waals surface area contributed by atoms with Crippen LogP contribution in [-0.4, -0.2) is 40.7 Å². The van der Waals surface area contributed by atoms with Gasteiger partial charge in [-0.1, -0.05) is 5.21 Å². The van der Waals surface area contributed by atoms with Crippen LogP contribution in [-0.2, 0) is 22.6 Å². The summed E-state index contributed by atoms with van der Waals surface area (Å²) in [5.74, 6) is -0.251. The van der Waals surface area contributed by atoms with Crippen molar-refractivity contribution in [3.8, 4) is 0 Å². The monoisotopic (exact) mass is 255 g/mol. The minimum atomic E-state index is -0.251. The van der Waals surface area contributed by atoms with Crippen LogP contribution in [0.3, 0.4) is 0 Å². The largest absolute Gasteiger partial charge is 0.466 e. The van der Waals surface area contributed by atoms with Crippen LogP contribution >= 0.6 is 0 Å². The van der Waals surface area contributed by atoms with Crippen LogP contribution in [0.25, 0.3) is 0 Å². The molecule has 1 aromatic rings. The fraction of sp³-hybridized carbons (Fsp3) is 0.727. The SMILES string of the molecule is CC(=O)OCCCn1cc(CNCCCN)nn1. The molecule has 0 aliphatic rings. The average Bonchev–Trinajstić information content (AvgIpc) is 2.78. The lowest BCUT2D eigenvalue weighted by Gasteiger charge is -2.01. The number of ether oxygens (including phenoxy) is 1. The number of aromatic nitrogens is 3. The number of carbonyl (C=O) groups excluding carboxylic acids is 1. The topological polar surface area (TPSA) is 95.1 Å². The molecule has 0 aliphatic carbocycles. The molecule has 0 fully saturated rings. The summed E-state index contributed by atoms with van der Waals surface area (Å²) in [6, 6.07) is 0. The highest BCUT2D eigenvalue weighted by Gasteiger charge is 2.00. The Balaban J connectivity index is 2.15. The molecule has 0 aliphatic heterocycles. The zero-order valence-electron chi connectivity index (χ0n) is 10.8. The number of nitrogens with one attached hydrogen (secondary N) is 1. The molecule has 0 unspecified atom stereocenters. The highest BCUT2D eigenvalue weighted by atomic mass is 16.5. The number of carbonyl (C=O) groups is 1. The van der Waals surface area contributed by atoms with Crippen molar-refractivity contribution < 1.29 is 9.53 Å². The van der Waals surface area contributed by atoms with Crippen molar-refractivity contribution in [1.82, 2.24) is 20.3 Å². The van der Waals surface area contributed by atoms with Gasteiger partial charge in [-0.25, -0.2) is 0 Å². The number of esters is 1. The summed E-state index contributed by atoms with van der Waals surface area (Å²) in [5, 5.41) is 11.3. The van der Waals surface area contributed by atoms with Gasteiger partial charge in [0.05, 0.1) is 12.3 Å². The quantitative estimate of drug-likeness (QED) is 0.463. The molecular weight excluding hydrogens is 234 g/mol. The van der Waals surface area contributed by atoms with Crippen molar-refractivity contribution >= 4 is 5.97 Å². The first-order valence-electron chi connectivity index (χ1n) is 6.15. The summed E-state index contributed by atoms with van der Waals surface area (Å²) >= 11 is 0. The standard InChI is InChI=1S/C11H21N5O2/c1-10(17)18-7-3-6-16-9-11(14-15-16)8-13-5-2-4-12/h9,13H,2-8,12H2,1H3. The molecule has 18 heavy (non-hydrogen) atoms. The Morgan fingerprint density at radius 3 is 3.11 bits per heavy atom. The van der Waals surface area contributed by atoms with Gasteiger partial charge >= 0.3 is 5.97 Å². The van der Waals surface area contributed by atoms with Gasteiger partial charge in [0.1, 0.15) is 0 Å². The fourth-order valence-electron chi connectivity index (χ4n) is 1.41. The van der Waals surface area contributed by atoms with Gasteiger partial charge in [-0.3, -0.25) is 9.48 Å². The predicted molar refractivity (Wildman–Crippen MR) is 66.7 cm³/mol. The summed E-state index contributed by atoms with van der Waals surface area (Å²) < 4.78 is 6.59. The third kappa shape index (κ3) is 6.31. The van der Waals surface area contributed by atoms with Gasteiger partial charge in [0, 0.05) is 32.6 Å². The van der Waals surface area contributed by atoms with E-state index in [-0.39, 0.29) is 5.97 Å². The lowest BCUT2D eigenvalue weighted by molar-refractivity contribution is -0.141. The smallest absolute Gasteiger partial charge is 0.302 e. The van der Waals surface area contributed by atoms with Crippen molar-refractivity contribution in [2.45, 2.75) is 32.9 Å². The molecule has 102 valence electrons. The van der Waals surface area contributed by atoms with E-state index in [2.05, 4.69) is 15.6 Å². The average molecular weight is 255 g/mol. The summed E-state index contributed by atoms with van der Waals surface area (Å²) in [4.78, 5) is 10.6. The van der Waals surface area contributed by atoms with Gasteiger partial charge in [0.15, 0.2) is 0 Å². The van der Waals surface area contributed by atoms with Crippen LogP contribution in [0.2, 0.25) is 0 Å². The molecule has 3 N–H and O–H groups in total. The molecular formula is C11H21N5O2. The summed E-state index contributed by atoms with van der Waals surface area (Å²) in [6.07, 6.45) is 3.59. The van der Waals surface area contributed by atoms with Crippen LogP contribution in [0.1, 0.15) is 25.5 Å². The molecule has 0 aromatic carbocycles. The fourth-order valence-corrected chi connectivity index (χ4v) is 1.41. The van der Waals surface area contributed by atoms with Gasteiger partial charge in [0.2, 0.25) is 0 Å². The van der Waals surface area contributed by atoms with Gasteiger partial charge in [0.25, 0.3) is 0 Å². The first-order valence-corrected chi connectivity index (χ1v) is 6.15. The predicted octanol–water partition coefficient (Wildman–Crippen LogP) is -0.330. The highest BCUT2D eigenvalue weighted by molar-refractivity contribution is 5.65. The van der Waals surface area contributed by atoms with E-state index >= 15 is 0 Å². The molecule has 0 spiro atoms. The van der Waals surface area contributed by atoms with E-state index in [1.54, 1.807) is 4.68 Å². The number of hydrogen-bond acceptors (Lipinski definition) is 6. The van der Waals surface area contributed by atoms with Gasteiger partial charge < -0.3 is 15.8 Å². The Bertz CT molecular complexity index is 353. The summed E-state index contributed by atoms with van der Waals surface area (Å²) in [5.41, 5.74) is 6.30. The highest BCUT2D eigenvalue weighted by Crippen LogP contribution is 1.95. The number of rotatable bonds is 9. The van der Waals surface area contributed by atoms with E-state index < -0.39 is 0 Å². The third-order valence-electron chi connectivity index (χ3n) is 2.29. The van der Waals surface area contributed by atoms with E-state index in [9.17, 15) is 4.79 Å². The number of aryl methyl sites for hydroxylation is 1. The van der Waals surface area contributed by atoms with E-state index in [4.69, 9.17) is 10.5 Å². The molecule has 7 nitrogen and oxygen atoms in total. The van der Waals surface area contributed by atoms with Crippen LogP contribution in [0.5, 0.6) is 0 Å². The van der Waals surface area contributed by atoms with Crippen molar-refractivity contribution in [1.29, 1.82) is 0 Å². The lowest BCUT2D eigenvalue weighted by atomic mass is 10.4. The van der Waals surface area contributed by atoms with Crippen LogP contribution < -0.4 is 11.1 Å². The molecule has 0 atom stereocenters. The van der Waals surface area contributed by atoms with E-state index in [1.807, 2.05) is 6.20 Å². The van der Waals surface area contributed by atoms with Crippen LogP contribution in [0.4, 0.5) is 0 Å². The Hall–Kier alpha value is -1.47. The minimum absolute atomic E-state index is 0.251. The first kappa shape index (κ1) is 14.6. The van der Waals surface area contributed by atoms with Crippen molar-refractivity contribution in [3.05, 3.63) is 11.9 Å². The number of nitrogens with two attached hydrogens (primary N) is 1. The lowest BCUT2D eigenvalue weighted by Crippen LogP contribution is -2.17. The third-order valence-corrected chi connectivity index (χ3v) is 2.29. The van der Waals surface area contributed by atoms with E-state index in [0.29, 0.717) is 26.2 Å². The Kier molecular flexibility index (Phi) is 6.97. The van der Waals surface area contributed by atoms with Gasteiger partial charge in [-0.2, -0.15) is 0 Å². The second-order valence-corrected chi connectivity index (χ2v) is 3.99. The summed E-state index contributed by atoms with van der Waals surface area (Å²) in [6.45, 7) is 4.79. The zero-order chi connectivity index (χ0) is 13.2. The maximum Gasteiger partial charge on any atom is 0.302 e. The second kappa shape index (κ2) is 8.60. The first-order chi connectivity index (χ1) is 8.72. The Labute approximate surface area is 107 Å². The Morgan fingerprint density at radius 2 is 2.39 bits per heavy atom. The zero-order valence-corrected chi connectivity index (χ0v) is 10.8. The summed E-state index contributed by atoms with van der Waals surface area (Å²) in [7, 11) is 0. The van der Waals surface area contributed by atoms with E-state index in [0.717, 1.165) is 25.1 Å². The Morgan fingerprint density at radius 1 is 1.56 bits per heavy atom. The molecule has 0 radical (unpaired) electrons. The minimum Gasteiger partial charge on any atom is -0.466 e. The molecule has 0 amide bonds. The van der Waals surface area contributed by atoms with Crippen molar-refractivity contribution in [2.24, 2.45) is 5.73 Å². The van der Waals surface area contributed by atoms with Crippen molar-refractivity contribution in [3.63, 3.8) is 0 Å². The molecule has 1 heterocycles. The van der Waals surface area contributed by atoms with Crippen LogP contribution in [0.15, 0.2) is 6.20 Å². The number of hydrogen-bond donors (Lipinski definition) is 2. The van der Waals surface area contributed by atoms with E-state index in [1.165, 1.54) is 6.92 Å². The normalized spacial score (nSPS) is 10.6. The molecule has 7 heteroatoms. The van der Waals surface area contributed by atoms with Crippen molar-refractivity contribution in [2.75, 3.05) is 19.7 Å². The second-order valence-electron chi connectivity index (χ2n) is 3.99. The molecule has 1 rings (SSSR count). The number of nitrogens with zero attached hydrogens (tertiary/aromatic N) is 3. The maximum atomic E-state index is 10.6. The molecule has 0 bridgehead atoms. The van der Waals surface area contributed by atoms with Gasteiger partial charge in [-0.15, -0.1) is 5.10 Å².